The largest absolute Gasteiger partial charge is 0.398 e. The summed E-state index contributed by atoms with van der Waals surface area (Å²) in [5.41, 5.74) is 6.16. The Bertz CT molecular complexity index is 490. The molecule has 0 spiro atoms. The lowest BCUT2D eigenvalue weighted by Gasteiger charge is -2.30. The molecule has 0 saturated heterocycles. The Morgan fingerprint density at radius 3 is 2.26 bits per heavy atom. The van der Waals surface area contributed by atoms with Gasteiger partial charge < -0.3 is 5.73 Å². The van der Waals surface area contributed by atoms with Crippen molar-refractivity contribution in [3.05, 3.63) is 11.4 Å². The molecule has 1 rings (SSSR count). The van der Waals surface area contributed by atoms with E-state index >= 15 is 0 Å². The second kappa shape index (κ2) is 6.72. The van der Waals surface area contributed by atoms with Crippen LogP contribution in [0.4, 0.5) is 5.69 Å². The van der Waals surface area contributed by atoms with Crippen LogP contribution >= 0.6 is 11.3 Å². The molecule has 0 radical (unpaired) electrons. The minimum absolute atomic E-state index is 0.0516. The molecule has 0 aliphatic heterocycles. The number of sulfonamides is 1. The molecule has 2 N–H and O–H groups in total. The Morgan fingerprint density at radius 1 is 1.32 bits per heavy atom. The molecule has 4 nitrogen and oxygen atoms in total. The van der Waals surface area contributed by atoms with Crippen LogP contribution in [0.5, 0.6) is 0 Å². The van der Waals surface area contributed by atoms with Crippen LogP contribution < -0.4 is 5.73 Å². The second-order valence-electron chi connectivity index (χ2n) is 5.14. The second-order valence-corrected chi connectivity index (χ2v) is 8.17. The molecule has 0 aliphatic rings. The zero-order valence-corrected chi connectivity index (χ0v) is 13.7. The van der Waals surface area contributed by atoms with Crippen molar-refractivity contribution in [1.82, 2.24) is 4.31 Å². The van der Waals surface area contributed by atoms with Crippen molar-refractivity contribution in [3.63, 3.8) is 0 Å². The molecule has 0 aromatic carbocycles. The van der Waals surface area contributed by atoms with Crippen molar-refractivity contribution in [2.24, 2.45) is 5.92 Å². The number of rotatable bonds is 7. The van der Waals surface area contributed by atoms with Gasteiger partial charge in [0.15, 0.2) is 0 Å². The van der Waals surface area contributed by atoms with Gasteiger partial charge in [0.1, 0.15) is 4.21 Å². The molecule has 1 aromatic heterocycles. The molecule has 6 heteroatoms. The Kier molecular flexibility index (Phi) is 5.82. The van der Waals surface area contributed by atoms with E-state index in [9.17, 15) is 8.42 Å². The van der Waals surface area contributed by atoms with Gasteiger partial charge in [0.2, 0.25) is 0 Å². The zero-order chi connectivity index (χ0) is 14.6. The van der Waals surface area contributed by atoms with Gasteiger partial charge in [-0.3, -0.25) is 0 Å². The van der Waals surface area contributed by atoms with Gasteiger partial charge in [-0.25, -0.2) is 8.42 Å². The van der Waals surface area contributed by atoms with Gasteiger partial charge in [-0.15, -0.1) is 11.3 Å². The maximum atomic E-state index is 12.7. The van der Waals surface area contributed by atoms with E-state index in [4.69, 9.17) is 5.73 Å². The number of anilines is 1. The Morgan fingerprint density at radius 2 is 1.89 bits per heavy atom. The smallest absolute Gasteiger partial charge is 0.252 e. The number of nitrogens with two attached hydrogens (primary N) is 1. The lowest BCUT2D eigenvalue weighted by atomic mass is 10.1. The molecular formula is C13H24N2O2S2. The molecule has 0 unspecified atom stereocenters. The van der Waals surface area contributed by atoms with Crippen molar-refractivity contribution < 1.29 is 8.42 Å². The summed E-state index contributed by atoms with van der Waals surface area (Å²) in [4.78, 5) is 0. The van der Waals surface area contributed by atoms with E-state index in [1.807, 2.05) is 27.7 Å². The van der Waals surface area contributed by atoms with Gasteiger partial charge in [0.25, 0.3) is 10.0 Å². The summed E-state index contributed by atoms with van der Waals surface area (Å²) in [6.07, 6.45) is 1.65. The third-order valence-electron chi connectivity index (χ3n) is 3.05. The van der Waals surface area contributed by atoms with E-state index in [0.717, 1.165) is 12.8 Å². The van der Waals surface area contributed by atoms with Crippen molar-refractivity contribution in [3.8, 4) is 0 Å². The Balaban J connectivity index is 3.15. The zero-order valence-electron chi connectivity index (χ0n) is 12.1. The van der Waals surface area contributed by atoms with Crippen molar-refractivity contribution in [1.29, 1.82) is 0 Å². The molecule has 0 atom stereocenters. The summed E-state index contributed by atoms with van der Waals surface area (Å²) in [5, 5.41) is 1.67. The van der Waals surface area contributed by atoms with Crippen LogP contribution in [0.3, 0.4) is 0 Å². The van der Waals surface area contributed by atoms with Crippen LogP contribution in [-0.4, -0.2) is 25.3 Å². The first-order valence-corrected chi connectivity index (χ1v) is 9.00. The fourth-order valence-corrected chi connectivity index (χ4v) is 5.22. The molecule has 110 valence electrons. The molecular weight excluding hydrogens is 280 g/mol. The normalized spacial score (nSPS) is 12.8. The first kappa shape index (κ1) is 16.5. The quantitative estimate of drug-likeness (QED) is 0.841. The number of thiophene rings is 1. The van der Waals surface area contributed by atoms with E-state index < -0.39 is 10.0 Å². The van der Waals surface area contributed by atoms with Crippen molar-refractivity contribution in [2.75, 3.05) is 12.3 Å². The van der Waals surface area contributed by atoms with E-state index in [1.54, 1.807) is 15.8 Å². The lowest BCUT2D eigenvalue weighted by Crippen LogP contribution is -2.41. The van der Waals surface area contributed by atoms with E-state index in [1.165, 1.54) is 11.3 Å². The molecule has 0 bridgehead atoms. The minimum atomic E-state index is -3.43. The topological polar surface area (TPSA) is 63.4 Å². The van der Waals surface area contributed by atoms with E-state index in [-0.39, 0.29) is 6.04 Å². The highest BCUT2D eigenvalue weighted by atomic mass is 32.2. The summed E-state index contributed by atoms with van der Waals surface area (Å²) >= 11 is 1.20. The van der Waals surface area contributed by atoms with Crippen LogP contribution in [0.15, 0.2) is 15.7 Å². The molecule has 0 aliphatic carbocycles. The summed E-state index contributed by atoms with van der Waals surface area (Å²) in [6.45, 7) is 8.67. The molecule has 1 aromatic rings. The van der Waals surface area contributed by atoms with Crippen LogP contribution in [0, 0.1) is 5.92 Å². The maximum Gasteiger partial charge on any atom is 0.252 e. The SMILES string of the molecule is CCC(CC)N(CC(C)C)S(=O)(=O)c1cc(N)cs1. The maximum absolute atomic E-state index is 12.7. The van der Waals surface area contributed by atoms with E-state index in [0.29, 0.717) is 22.4 Å². The van der Waals surface area contributed by atoms with Crippen molar-refractivity contribution in [2.45, 2.75) is 50.8 Å². The van der Waals surface area contributed by atoms with Crippen LogP contribution in [0.2, 0.25) is 0 Å². The third-order valence-corrected chi connectivity index (χ3v) is 6.41. The third kappa shape index (κ3) is 3.94. The summed E-state index contributed by atoms with van der Waals surface area (Å²) in [6, 6.07) is 1.60. The van der Waals surface area contributed by atoms with Gasteiger partial charge in [0, 0.05) is 23.7 Å². The highest BCUT2D eigenvalue weighted by Crippen LogP contribution is 2.28. The van der Waals surface area contributed by atoms with Gasteiger partial charge in [-0.1, -0.05) is 27.7 Å². The first-order chi connectivity index (χ1) is 8.82. The Labute approximate surface area is 120 Å². The summed E-state index contributed by atoms with van der Waals surface area (Å²) < 4.78 is 27.4. The van der Waals surface area contributed by atoms with Gasteiger partial charge >= 0.3 is 0 Å². The Hall–Kier alpha value is -0.590. The predicted molar refractivity (Wildman–Crippen MR) is 81.8 cm³/mol. The standard InChI is InChI=1S/C13H24N2O2S2/c1-5-12(6-2)15(8-10(3)4)19(16,17)13-7-11(14)9-18-13/h7,9-10,12H,5-6,8,14H2,1-4H3. The highest BCUT2D eigenvalue weighted by Gasteiger charge is 2.31. The van der Waals surface area contributed by atoms with Gasteiger partial charge in [-0.2, -0.15) is 4.31 Å². The van der Waals surface area contributed by atoms with Crippen LogP contribution in [0.1, 0.15) is 40.5 Å². The van der Waals surface area contributed by atoms with E-state index in [2.05, 4.69) is 0 Å². The molecule has 1 heterocycles. The highest BCUT2D eigenvalue weighted by molar-refractivity contribution is 7.91. The number of nitrogen functional groups attached to an aromatic ring is 1. The fraction of sp³-hybridized carbons (Fsp3) is 0.692. The van der Waals surface area contributed by atoms with Crippen LogP contribution in [-0.2, 0) is 10.0 Å². The van der Waals surface area contributed by atoms with Crippen LogP contribution in [0.25, 0.3) is 0 Å². The average Bonchev–Trinajstić information content (AvgIpc) is 2.76. The molecule has 0 fully saturated rings. The van der Waals surface area contributed by atoms with Crippen molar-refractivity contribution >= 4 is 27.0 Å². The summed E-state index contributed by atoms with van der Waals surface area (Å²) in [5.74, 6) is 0.299. The molecule has 0 saturated carbocycles. The average molecular weight is 304 g/mol. The van der Waals surface area contributed by atoms with Gasteiger partial charge in [-0.05, 0) is 24.8 Å². The monoisotopic (exact) mass is 304 g/mol. The number of hydrogen-bond donors (Lipinski definition) is 1. The fourth-order valence-electron chi connectivity index (χ4n) is 2.08. The lowest BCUT2D eigenvalue weighted by molar-refractivity contribution is 0.277. The number of hydrogen-bond acceptors (Lipinski definition) is 4. The minimum Gasteiger partial charge on any atom is -0.398 e. The first-order valence-electron chi connectivity index (χ1n) is 6.68. The molecule has 19 heavy (non-hydrogen) atoms. The van der Waals surface area contributed by atoms with Gasteiger partial charge in [0.05, 0.1) is 0 Å². The molecule has 0 amide bonds. The predicted octanol–water partition coefficient (Wildman–Crippen LogP) is 3.17. The summed E-state index contributed by atoms with van der Waals surface area (Å²) in [7, 11) is -3.43. The number of nitrogens with zero attached hydrogens (tertiary/aromatic N) is 1.